The van der Waals surface area contributed by atoms with Crippen LogP contribution in [0.2, 0.25) is 0 Å². The van der Waals surface area contributed by atoms with E-state index < -0.39 is 35.1 Å². The summed E-state index contributed by atoms with van der Waals surface area (Å²) in [5.41, 5.74) is 1.02. The molecule has 26 heavy (non-hydrogen) atoms. The Bertz CT molecular complexity index is 769. The second-order valence-electron chi connectivity index (χ2n) is 6.33. The molecule has 0 saturated heterocycles. The molecule has 0 aliphatic heterocycles. The molecule has 6 heteroatoms. The van der Waals surface area contributed by atoms with Crippen molar-refractivity contribution in [3.63, 3.8) is 0 Å². The summed E-state index contributed by atoms with van der Waals surface area (Å²) in [4.78, 5) is 24.8. The zero-order valence-electron chi connectivity index (χ0n) is 15.0. The third-order valence-corrected chi connectivity index (χ3v) is 4.06. The van der Waals surface area contributed by atoms with E-state index in [-0.39, 0.29) is 5.92 Å². The van der Waals surface area contributed by atoms with E-state index in [0.717, 1.165) is 24.1 Å². The molecule has 2 N–H and O–H groups in total. The first-order valence-corrected chi connectivity index (χ1v) is 8.48. The predicted molar refractivity (Wildman–Crippen MR) is 96.9 cm³/mol. The average molecular weight is 360 g/mol. The largest absolute Gasteiger partial charge is 0.340 e. The van der Waals surface area contributed by atoms with Crippen molar-refractivity contribution >= 4 is 17.5 Å². The highest BCUT2D eigenvalue weighted by Crippen LogP contribution is 2.15. The van der Waals surface area contributed by atoms with Gasteiger partial charge in [0, 0.05) is 5.69 Å². The number of amides is 2. The highest BCUT2D eigenvalue weighted by molar-refractivity contribution is 6.01. The van der Waals surface area contributed by atoms with E-state index in [0.29, 0.717) is 5.69 Å². The summed E-state index contributed by atoms with van der Waals surface area (Å²) in [5, 5.41) is 5.15. The fourth-order valence-corrected chi connectivity index (χ4v) is 2.51. The van der Waals surface area contributed by atoms with Gasteiger partial charge in [0.05, 0.1) is 0 Å². The van der Waals surface area contributed by atoms with Gasteiger partial charge in [-0.25, -0.2) is 8.78 Å². The number of carbonyl (C=O) groups is 2. The number of anilines is 1. The van der Waals surface area contributed by atoms with E-state index >= 15 is 0 Å². The average Bonchev–Trinajstić information content (AvgIpc) is 2.59. The fourth-order valence-electron chi connectivity index (χ4n) is 2.51. The molecule has 0 bridgehead atoms. The van der Waals surface area contributed by atoms with Crippen molar-refractivity contribution in [3.05, 3.63) is 65.2 Å². The molecule has 0 unspecified atom stereocenters. The number of hydrogen-bond acceptors (Lipinski definition) is 2. The van der Waals surface area contributed by atoms with Crippen molar-refractivity contribution in [1.82, 2.24) is 5.32 Å². The normalized spacial score (nSPS) is 11.9. The van der Waals surface area contributed by atoms with Gasteiger partial charge < -0.3 is 10.6 Å². The van der Waals surface area contributed by atoms with Gasteiger partial charge in [-0.05, 0) is 42.2 Å². The summed E-state index contributed by atoms with van der Waals surface area (Å²) in [5.74, 6) is -3.63. The first kappa shape index (κ1) is 19.6. The monoisotopic (exact) mass is 360 g/mol. The number of halogens is 2. The quantitative estimate of drug-likeness (QED) is 0.820. The molecule has 2 rings (SSSR count). The lowest BCUT2D eigenvalue weighted by Crippen LogP contribution is -2.47. The maximum absolute atomic E-state index is 13.8. The first-order chi connectivity index (χ1) is 12.3. The van der Waals surface area contributed by atoms with Gasteiger partial charge in [-0.2, -0.15) is 0 Å². The lowest BCUT2D eigenvalue weighted by molar-refractivity contribution is -0.118. The Hall–Kier alpha value is -2.76. The second-order valence-corrected chi connectivity index (χ2v) is 6.33. The Morgan fingerprint density at radius 2 is 1.58 bits per heavy atom. The topological polar surface area (TPSA) is 58.2 Å². The van der Waals surface area contributed by atoms with Crippen LogP contribution in [0.1, 0.15) is 36.7 Å². The third kappa shape index (κ3) is 4.65. The summed E-state index contributed by atoms with van der Waals surface area (Å²) in [6.45, 7) is 5.50. The molecule has 0 aromatic heterocycles. The molecule has 0 aliphatic rings. The Morgan fingerprint density at radius 1 is 1.00 bits per heavy atom. The maximum Gasteiger partial charge on any atom is 0.257 e. The van der Waals surface area contributed by atoms with Crippen LogP contribution in [0.5, 0.6) is 0 Å². The summed E-state index contributed by atoms with van der Waals surface area (Å²) in [6.07, 6.45) is 0.882. The molecular weight excluding hydrogens is 338 g/mol. The van der Waals surface area contributed by atoms with Crippen LogP contribution in [0, 0.1) is 17.6 Å². The molecule has 0 fully saturated rings. The van der Waals surface area contributed by atoms with Crippen molar-refractivity contribution < 1.29 is 18.4 Å². The number of rotatable bonds is 6. The minimum atomic E-state index is -0.972. The van der Waals surface area contributed by atoms with Crippen LogP contribution in [0.15, 0.2) is 42.5 Å². The summed E-state index contributed by atoms with van der Waals surface area (Å²) >= 11 is 0. The minimum absolute atomic E-state index is 0.274. The molecular formula is C20H22F2N2O2. The number of carbonyl (C=O) groups excluding carboxylic acids is 2. The third-order valence-electron chi connectivity index (χ3n) is 4.06. The van der Waals surface area contributed by atoms with Crippen LogP contribution >= 0.6 is 0 Å². The molecule has 0 saturated carbocycles. The van der Waals surface area contributed by atoms with Crippen LogP contribution < -0.4 is 10.6 Å². The molecule has 0 aliphatic carbocycles. The molecule has 0 radical (unpaired) electrons. The lowest BCUT2D eigenvalue weighted by Gasteiger charge is -2.22. The van der Waals surface area contributed by atoms with Crippen molar-refractivity contribution in [2.75, 3.05) is 5.32 Å². The van der Waals surface area contributed by atoms with Gasteiger partial charge >= 0.3 is 0 Å². The van der Waals surface area contributed by atoms with Crippen molar-refractivity contribution in [2.24, 2.45) is 5.92 Å². The Labute approximate surface area is 151 Å². The smallest absolute Gasteiger partial charge is 0.257 e. The van der Waals surface area contributed by atoms with Crippen molar-refractivity contribution in [1.29, 1.82) is 0 Å². The summed E-state index contributed by atoms with van der Waals surface area (Å²) < 4.78 is 27.5. The number of benzene rings is 2. The maximum atomic E-state index is 13.8. The lowest BCUT2D eigenvalue weighted by atomic mass is 10.0. The van der Waals surface area contributed by atoms with E-state index in [4.69, 9.17) is 0 Å². The molecule has 2 aromatic rings. The standard InChI is InChI=1S/C20H22F2N2O2/c1-4-13-8-10-14(11-9-13)23-20(26)18(12(2)3)24-19(25)17-15(21)6-5-7-16(17)22/h5-12,18H,4H2,1-3H3,(H,23,26)(H,24,25)/t18-/m0/s1. The van der Waals surface area contributed by atoms with Crippen molar-refractivity contribution in [3.8, 4) is 0 Å². The van der Waals surface area contributed by atoms with Crippen LogP contribution in [0.25, 0.3) is 0 Å². The van der Waals surface area contributed by atoms with E-state index in [1.54, 1.807) is 26.0 Å². The number of hydrogen-bond donors (Lipinski definition) is 2. The Balaban J connectivity index is 2.14. The van der Waals surface area contributed by atoms with E-state index in [1.165, 1.54) is 6.07 Å². The predicted octanol–water partition coefficient (Wildman–Crippen LogP) is 3.92. The van der Waals surface area contributed by atoms with Gasteiger partial charge in [0.2, 0.25) is 5.91 Å². The fraction of sp³-hybridized carbons (Fsp3) is 0.300. The van der Waals surface area contributed by atoms with Crippen LogP contribution in [-0.4, -0.2) is 17.9 Å². The summed E-state index contributed by atoms with van der Waals surface area (Å²) in [6, 6.07) is 9.57. The van der Waals surface area contributed by atoms with Crippen LogP contribution in [0.4, 0.5) is 14.5 Å². The van der Waals surface area contributed by atoms with E-state index in [1.807, 2.05) is 19.1 Å². The highest BCUT2D eigenvalue weighted by atomic mass is 19.1. The first-order valence-electron chi connectivity index (χ1n) is 8.48. The number of aryl methyl sites for hydroxylation is 1. The van der Waals surface area contributed by atoms with E-state index in [9.17, 15) is 18.4 Å². The molecule has 0 heterocycles. The Morgan fingerprint density at radius 3 is 2.08 bits per heavy atom. The summed E-state index contributed by atoms with van der Waals surface area (Å²) in [7, 11) is 0. The van der Waals surface area contributed by atoms with E-state index in [2.05, 4.69) is 10.6 Å². The molecule has 2 aromatic carbocycles. The zero-order chi connectivity index (χ0) is 19.3. The zero-order valence-corrected chi connectivity index (χ0v) is 15.0. The van der Waals surface area contributed by atoms with Gasteiger partial charge in [-0.15, -0.1) is 0 Å². The second kappa shape index (κ2) is 8.56. The molecule has 0 spiro atoms. The van der Waals surface area contributed by atoms with Crippen molar-refractivity contribution in [2.45, 2.75) is 33.2 Å². The van der Waals surface area contributed by atoms with Gasteiger partial charge in [0.1, 0.15) is 23.2 Å². The molecule has 2 amide bonds. The molecule has 1 atom stereocenters. The number of nitrogens with one attached hydrogen (secondary N) is 2. The highest BCUT2D eigenvalue weighted by Gasteiger charge is 2.27. The van der Waals surface area contributed by atoms with Gasteiger partial charge in [0.25, 0.3) is 5.91 Å². The molecule has 4 nitrogen and oxygen atoms in total. The van der Waals surface area contributed by atoms with Gasteiger partial charge in [-0.3, -0.25) is 9.59 Å². The Kier molecular flexibility index (Phi) is 6.44. The van der Waals surface area contributed by atoms with Crippen LogP contribution in [-0.2, 0) is 11.2 Å². The molecule has 138 valence electrons. The van der Waals surface area contributed by atoms with Gasteiger partial charge in [0.15, 0.2) is 0 Å². The minimum Gasteiger partial charge on any atom is -0.340 e. The van der Waals surface area contributed by atoms with Crippen LogP contribution in [0.3, 0.4) is 0 Å². The van der Waals surface area contributed by atoms with Gasteiger partial charge in [-0.1, -0.05) is 39.0 Å². The SMILES string of the molecule is CCc1ccc(NC(=O)[C@@H](NC(=O)c2c(F)cccc2F)C(C)C)cc1.